The Labute approximate surface area is 100 Å². The summed E-state index contributed by atoms with van der Waals surface area (Å²) in [6, 6.07) is 0. The Bertz CT molecular complexity index is 334. The maximum Gasteiger partial charge on any atom is 0.167 e. The number of nitrogens with zero attached hydrogens (tertiary/aromatic N) is 2. The summed E-state index contributed by atoms with van der Waals surface area (Å²) in [5.74, 6) is 0.704. The molecule has 90 valence electrons. The third-order valence-corrected chi connectivity index (χ3v) is 3.83. The topological polar surface area (TPSA) is 36.3 Å². The van der Waals surface area contributed by atoms with E-state index in [0.717, 1.165) is 37.0 Å². The van der Waals surface area contributed by atoms with Gasteiger partial charge in [0.05, 0.1) is 13.2 Å². The summed E-state index contributed by atoms with van der Waals surface area (Å²) in [5, 5.41) is 1.07. The van der Waals surface area contributed by atoms with Crippen molar-refractivity contribution in [3.63, 3.8) is 0 Å². The van der Waals surface area contributed by atoms with Gasteiger partial charge < -0.3 is 14.0 Å². The van der Waals surface area contributed by atoms with Crippen LogP contribution in [0.15, 0.2) is 17.6 Å². The molecule has 1 aromatic heterocycles. The average Bonchev–Trinajstić information content (AvgIpc) is 2.84. The molecule has 1 aliphatic rings. The van der Waals surface area contributed by atoms with Gasteiger partial charge in [0, 0.05) is 31.6 Å². The predicted molar refractivity (Wildman–Crippen MR) is 63.5 cm³/mol. The molecule has 2 rings (SSSR count). The van der Waals surface area contributed by atoms with Gasteiger partial charge in [0.25, 0.3) is 0 Å². The lowest BCUT2D eigenvalue weighted by molar-refractivity contribution is -0.146. The van der Waals surface area contributed by atoms with Gasteiger partial charge in [0.2, 0.25) is 0 Å². The van der Waals surface area contributed by atoms with Crippen molar-refractivity contribution in [2.24, 2.45) is 7.05 Å². The summed E-state index contributed by atoms with van der Waals surface area (Å²) in [7, 11) is 2.01. The van der Waals surface area contributed by atoms with Crippen LogP contribution in [0.1, 0.15) is 19.8 Å². The fourth-order valence-electron chi connectivity index (χ4n) is 1.75. The van der Waals surface area contributed by atoms with Crippen molar-refractivity contribution in [1.82, 2.24) is 9.55 Å². The van der Waals surface area contributed by atoms with Gasteiger partial charge in [-0.2, -0.15) is 0 Å². The Balaban J connectivity index is 1.67. The molecule has 0 radical (unpaired) electrons. The number of aromatic nitrogens is 2. The lowest BCUT2D eigenvalue weighted by Crippen LogP contribution is -2.25. The van der Waals surface area contributed by atoms with Gasteiger partial charge >= 0.3 is 0 Å². The van der Waals surface area contributed by atoms with E-state index in [1.807, 2.05) is 30.9 Å². The van der Waals surface area contributed by atoms with E-state index in [9.17, 15) is 0 Å². The Kier molecular flexibility index (Phi) is 3.89. The minimum Gasteiger partial charge on any atom is -0.348 e. The zero-order chi connectivity index (χ0) is 11.4. The summed E-state index contributed by atoms with van der Waals surface area (Å²) < 4.78 is 13.1. The number of hydrogen-bond donors (Lipinski definition) is 0. The number of aryl methyl sites for hydroxylation is 1. The molecule has 0 aromatic carbocycles. The maximum absolute atomic E-state index is 5.55. The third kappa shape index (κ3) is 2.99. The average molecular weight is 242 g/mol. The number of imidazole rings is 1. The van der Waals surface area contributed by atoms with E-state index in [1.165, 1.54) is 0 Å². The van der Waals surface area contributed by atoms with Crippen molar-refractivity contribution >= 4 is 11.8 Å². The molecule has 5 heteroatoms. The monoisotopic (exact) mass is 242 g/mol. The van der Waals surface area contributed by atoms with Crippen molar-refractivity contribution in [3.8, 4) is 0 Å². The van der Waals surface area contributed by atoms with E-state index in [1.54, 1.807) is 11.8 Å². The second-order valence-corrected chi connectivity index (χ2v) is 5.17. The van der Waals surface area contributed by atoms with Crippen LogP contribution in [-0.2, 0) is 16.5 Å². The van der Waals surface area contributed by atoms with Gasteiger partial charge in [-0.15, -0.1) is 0 Å². The standard InChI is InChI=1S/C11H18N2O2S/c1-11(14-7-8-15-11)4-3-9-16-10-12-5-6-13(10)2/h5-6H,3-4,7-9H2,1-2H3. The molecule has 0 spiro atoms. The summed E-state index contributed by atoms with van der Waals surface area (Å²) >= 11 is 1.78. The number of hydrogen-bond acceptors (Lipinski definition) is 4. The van der Waals surface area contributed by atoms with E-state index < -0.39 is 0 Å². The van der Waals surface area contributed by atoms with Crippen LogP contribution in [0, 0.1) is 0 Å². The normalized spacial score (nSPS) is 19.1. The Morgan fingerprint density at radius 1 is 1.50 bits per heavy atom. The fraction of sp³-hybridized carbons (Fsp3) is 0.727. The van der Waals surface area contributed by atoms with Crippen molar-refractivity contribution in [2.45, 2.75) is 30.7 Å². The molecule has 1 aromatic rings. The van der Waals surface area contributed by atoms with Crippen LogP contribution in [0.5, 0.6) is 0 Å². The van der Waals surface area contributed by atoms with Crippen molar-refractivity contribution in [1.29, 1.82) is 0 Å². The summed E-state index contributed by atoms with van der Waals surface area (Å²) in [6.07, 6.45) is 5.82. The molecule has 1 aliphatic heterocycles. The van der Waals surface area contributed by atoms with Gasteiger partial charge in [0.1, 0.15) is 0 Å². The first-order chi connectivity index (χ1) is 7.70. The Hall–Kier alpha value is -0.520. The smallest absolute Gasteiger partial charge is 0.167 e. The molecule has 0 saturated carbocycles. The van der Waals surface area contributed by atoms with Gasteiger partial charge in [-0.1, -0.05) is 11.8 Å². The maximum atomic E-state index is 5.55. The van der Waals surface area contributed by atoms with E-state index in [4.69, 9.17) is 9.47 Å². The number of thioether (sulfide) groups is 1. The highest BCUT2D eigenvalue weighted by molar-refractivity contribution is 7.99. The van der Waals surface area contributed by atoms with Crippen LogP contribution in [0.2, 0.25) is 0 Å². The minimum absolute atomic E-state index is 0.345. The molecule has 0 bridgehead atoms. The first-order valence-electron chi connectivity index (χ1n) is 5.58. The third-order valence-electron chi connectivity index (χ3n) is 2.68. The van der Waals surface area contributed by atoms with Crippen LogP contribution in [0.4, 0.5) is 0 Å². The summed E-state index contributed by atoms with van der Waals surface area (Å²) in [6.45, 7) is 3.47. The van der Waals surface area contributed by atoms with Crippen molar-refractivity contribution in [2.75, 3.05) is 19.0 Å². The molecule has 0 amide bonds. The van der Waals surface area contributed by atoms with Crippen LogP contribution < -0.4 is 0 Å². The van der Waals surface area contributed by atoms with Crippen molar-refractivity contribution in [3.05, 3.63) is 12.4 Å². The molecule has 0 atom stereocenters. The molecule has 0 unspecified atom stereocenters. The molecule has 1 saturated heterocycles. The highest BCUT2D eigenvalue weighted by Gasteiger charge is 2.29. The lowest BCUT2D eigenvalue weighted by Gasteiger charge is -2.21. The first kappa shape index (κ1) is 12.0. The molecule has 0 N–H and O–H groups in total. The largest absolute Gasteiger partial charge is 0.348 e. The Morgan fingerprint density at radius 2 is 2.25 bits per heavy atom. The minimum atomic E-state index is -0.345. The number of ether oxygens (including phenoxy) is 2. The highest BCUT2D eigenvalue weighted by Crippen LogP contribution is 2.26. The molecule has 2 heterocycles. The van der Waals surface area contributed by atoms with E-state index >= 15 is 0 Å². The van der Waals surface area contributed by atoms with Gasteiger partial charge in [0.15, 0.2) is 10.9 Å². The molecule has 0 aliphatic carbocycles. The quantitative estimate of drug-likeness (QED) is 0.585. The second-order valence-electron chi connectivity index (χ2n) is 4.10. The van der Waals surface area contributed by atoms with Gasteiger partial charge in [-0.25, -0.2) is 4.98 Å². The second kappa shape index (κ2) is 5.21. The van der Waals surface area contributed by atoms with E-state index in [-0.39, 0.29) is 5.79 Å². The molecule has 16 heavy (non-hydrogen) atoms. The molecule has 4 nitrogen and oxygen atoms in total. The zero-order valence-electron chi connectivity index (χ0n) is 9.81. The van der Waals surface area contributed by atoms with Gasteiger partial charge in [-0.05, 0) is 13.3 Å². The molecule has 1 fully saturated rings. The SMILES string of the molecule is Cn1ccnc1SCCCC1(C)OCCO1. The highest BCUT2D eigenvalue weighted by atomic mass is 32.2. The zero-order valence-corrected chi connectivity index (χ0v) is 10.6. The Morgan fingerprint density at radius 3 is 2.88 bits per heavy atom. The fourth-order valence-corrected chi connectivity index (χ4v) is 2.62. The van der Waals surface area contributed by atoms with Crippen LogP contribution >= 0.6 is 11.8 Å². The van der Waals surface area contributed by atoms with Gasteiger partial charge in [-0.3, -0.25) is 0 Å². The lowest BCUT2D eigenvalue weighted by atomic mass is 10.2. The van der Waals surface area contributed by atoms with E-state index in [0.29, 0.717) is 0 Å². The van der Waals surface area contributed by atoms with Crippen molar-refractivity contribution < 1.29 is 9.47 Å². The van der Waals surface area contributed by atoms with Crippen LogP contribution in [0.3, 0.4) is 0 Å². The molecular weight excluding hydrogens is 224 g/mol. The van der Waals surface area contributed by atoms with E-state index in [2.05, 4.69) is 4.98 Å². The summed E-state index contributed by atoms with van der Waals surface area (Å²) in [4.78, 5) is 4.27. The summed E-state index contributed by atoms with van der Waals surface area (Å²) in [5.41, 5.74) is 0. The first-order valence-corrected chi connectivity index (χ1v) is 6.56. The molecular formula is C11H18N2O2S. The van der Waals surface area contributed by atoms with Crippen LogP contribution in [0.25, 0.3) is 0 Å². The predicted octanol–water partition coefficient (Wildman–Crippen LogP) is 2.06. The number of rotatable bonds is 5. The van der Waals surface area contributed by atoms with Crippen LogP contribution in [-0.4, -0.2) is 34.3 Å².